The zero-order chi connectivity index (χ0) is 0. The molecule has 0 aromatic carbocycles. The van der Waals surface area contributed by atoms with Gasteiger partial charge in [0, 0.05) is 58.0 Å². The van der Waals surface area contributed by atoms with Crippen molar-refractivity contribution in [1.82, 2.24) is 0 Å². The van der Waals surface area contributed by atoms with Crippen molar-refractivity contribution in [1.29, 1.82) is 0 Å². The Morgan fingerprint density at radius 1 is 1.14 bits per heavy atom. The van der Waals surface area contributed by atoms with E-state index in [4.69, 9.17) is 0 Å². The van der Waals surface area contributed by atoms with E-state index >= 15 is 0 Å². The zero-order valence-corrected chi connectivity index (χ0v) is 25.2. The third-order valence-corrected chi connectivity index (χ3v) is 0. The van der Waals surface area contributed by atoms with Crippen LogP contribution in [0.4, 0.5) is 0 Å². The molecule has 0 fully saturated rings. The van der Waals surface area contributed by atoms with E-state index in [-0.39, 0.29) is 184 Å². The molecule has 0 N–H and O–H groups in total. The second kappa shape index (κ2) is 40.4. The molecule has 0 saturated heterocycles. The van der Waals surface area contributed by atoms with Gasteiger partial charge in [0.2, 0.25) is 0 Å². The molecule has 0 rings (SSSR count). The van der Waals surface area contributed by atoms with Crippen LogP contribution >= 0.6 is 0 Å². The molecule has 0 saturated carbocycles. The van der Waals surface area contributed by atoms with Gasteiger partial charge in [0.25, 0.3) is 0 Å². The van der Waals surface area contributed by atoms with E-state index < -0.39 is 0 Å². The van der Waals surface area contributed by atoms with Crippen molar-refractivity contribution in [2.75, 3.05) is 0 Å². The predicted molar refractivity (Wildman–Crippen MR) is 40.8 cm³/mol. The Kier molecular flexibility index (Phi) is 301. The first-order valence-corrected chi connectivity index (χ1v) is 0. The first-order valence-electron chi connectivity index (χ1n) is 0. The van der Waals surface area contributed by atoms with Gasteiger partial charge in [-0.15, -0.1) is 0 Å². The van der Waals surface area contributed by atoms with Crippen molar-refractivity contribution in [3.05, 3.63) is 0 Å². The molecule has 0 nitrogen and oxygen atoms in total. The topological polar surface area (TPSA) is 0 Å². The van der Waals surface area contributed by atoms with Crippen molar-refractivity contribution in [3.63, 3.8) is 0 Å². The summed E-state index contributed by atoms with van der Waals surface area (Å²) in [6.45, 7) is 0. The van der Waals surface area contributed by atoms with E-state index in [1.807, 2.05) is 0 Å². The van der Waals surface area contributed by atoms with Crippen LogP contribution in [0.25, 0.3) is 0 Å². The Bertz CT molecular complexity index is 26.5. The van der Waals surface area contributed by atoms with Crippen LogP contribution in [-0.2, 0) is 22.4 Å². The Balaban J connectivity index is 0. The van der Waals surface area contributed by atoms with Gasteiger partial charge < -0.3 is 2.85 Å². The molecular formula is H9AgAlCaLaPbSeSn. The monoisotopic (exact) mass is 730 g/mol. The number of hydrogen-bond acceptors (Lipinski definition) is 0. The number of rotatable bonds is 0. The third-order valence-electron chi connectivity index (χ3n) is 0. The molecule has 0 aliphatic carbocycles. The first kappa shape index (κ1) is 52.2. The summed E-state index contributed by atoms with van der Waals surface area (Å²) in [5.41, 5.74) is 0. The van der Waals surface area contributed by atoms with E-state index in [0.717, 1.165) is 0 Å². The maximum atomic E-state index is 0. The van der Waals surface area contributed by atoms with Gasteiger partial charge >= 0.3 is 106 Å². The quantitative estimate of drug-likeness (QED) is 0.227. The van der Waals surface area contributed by atoms with E-state index in [1.165, 1.54) is 0 Å². The fourth-order valence-electron chi connectivity index (χ4n) is 0. The fraction of sp³-hybridized carbons (Fsp3) is 0. The Morgan fingerprint density at radius 3 is 1.14 bits per heavy atom. The van der Waals surface area contributed by atoms with Crippen LogP contribution in [0.3, 0.4) is 0 Å². The minimum absolute atomic E-state index is 0. The summed E-state index contributed by atoms with van der Waals surface area (Å²) in [6, 6.07) is 0. The van der Waals surface area contributed by atoms with E-state index in [0.29, 0.717) is 0 Å². The molecule has 0 aromatic heterocycles. The van der Waals surface area contributed by atoms with E-state index in [9.17, 15) is 0 Å². The van der Waals surface area contributed by atoms with Crippen LogP contribution in [0.2, 0.25) is 0 Å². The summed E-state index contributed by atoms with van der Waals surface area (Å²) in [4.78, 5) is 0. The molecule has 8 radical (unpaired) electrons. The fourth-order valence-corrected chi connectivity index (χ4v) is 0. The molecule has 0 unspecified atom stereocenters. The molecule has 0 aromatic rings. The molecule has 0 aliphatic rings. The van der Waals surface area contributed by atoms with Gasteiger partial charge in [-0.05, 0) is 0 Å². The third kappa shape index (κ3) is 33.4. The van der Waals surface area contributed by atoms with Crippen molar-refractivity contribution in [2.24, 2.45) is 0 Å². The van der Waals surface area contributed by atoms with Gasteiger partial charge in [0.05, 0.1) is 0 Å². The first-order chi connectivity index (χ1) is 0. The molecule has 42 valence electrons. The second-order valence-corrected chi connectivity index (χ2v) is 0. The van der Waals surface area contributed by atoms with Gasteiger partial charge in [0.1, 0.15) is 17.4 Å². The van der Waals surface area contributed by atoms with Crippen molar-refractivity contribution < 1.29 is 60.8 Å². The van der Waals surface area contributed by atoms with E-state index in [2.05, 4.69) is 0 Å². The normalized spacial score (nSPS) is 0. The average molecular weight is 728 g/mol. The molecule has 0 amide bonds. The Labute approximate surface area is 179 Å². The van der Waals surface area contributed by atoms with Crippen LogP contribution in [0, 0.1) is 35.6 Å². The predicted octanol–water partition coefficient (Wildman–Crippen LogP) is -3.56. The SMILES string of the molecule is [Ag].[AlH2].[Ca+2].[H-].[H-].[La].[PbH2].[SeH].[SnH2]. The van der Waals surface area contributed by atoms with Crippen LogP contribution in [0.15, 0.2) is 0 Å². The molecule has 0 spiro atoms. The summed E-state index contributed by atoms with van der Waals surface area (Å²) < 4.78 is 0. The summed E-state index contributed by atoms with van der Waals surface area (Å²) in [5, 5.41) is 0. The molecule has 0 heterocycles. The summed E-state index contributed by atoms with van der Waals surface area (Å²) in [5.74, 6) is 0. The molecule has 0 aliphatic heterocycles. The number of hydrogen-bond donors (Lipinski definition) is 0. The van der Waals surface area contributed by atoms with Crippen LogP contribution in [0.5, 0.6) is 0 Å². The summed E-state index contributed by atoms with van der Waals surface area (Å²) >= 11 is 0. The molecular weight excluding hydrogens is 719 g/mol. The standard InChI is InChI=1S/Ag.Al.Ca.La.Pb.HSe.Sn.8H/h;;;;;1H;;;;;;;;;/q;;+2;;;;;;;;;;;2*-1. The van der Waals surface area contributed by atoms with E-state index in [1.54, 1.807) is 0 Å². The van der Waals surface area contributed by atoms with Gasteiger partial charge in [-0.1, -0.05) is 0 Å². The van der Waals surface area contributed by atoms with Gasteiger partial charge in [0.15, 0.2) is 0 Å². The summed E-state index contributed by atoms with van der Waals surface area (Å²) in [6.07, 6.45) is 0. The van der Waals surface area contributed by atoms with Gasteiger partial charge in [-0.2, -0.15) is 0 Å². The van der Waals surface area contributed by atoms with Gasteiger partial charge in [-0.25, -0.2) is 0 Å². The van der Waals surface area contributed by atoms with Crippen molar-refractivity contribution in [2.45, 2.75) is 0 Å². The molecule has 0 bridgehead atoms. The molecule has 0 atom stereocenters. The van der Waals surface area contributed by atoms with Crippen molar-refractivity contribution in [3.8, 4) is 0 Å². The summed E-state index contributed by atoms with van der Waals surface area (Å²) in [7, 11) is 0. The van der Waals surface area contributed by atoms with Crippen LogP contribution in [0.1, 0.15) is 2.85 Å². The zero-order valence-electron chi connectivity index (χ0n) is 6.45. The Hall–Kier alpha value is 5.97. The van der Waals surface area contributed by atoms with Gasteiger partial charge in [-0.3, -0.25) is 0 Å². The van der Waals surface area contributed by atoms with Crippen molar-refractivity contribution >= 4 is 123 Å². The minimum atomic E-state index is 0. The van der Waals surface area contributed by atoms with Crippen LogP contribution < -0.4 is 0 Å². The molecule has 7 heavy (non-hydrogen) atoms. The maximum absolute atomic E-state index is 0. The average Bonchev–Trinajstić information content (AvgIpc) is 0. The van der Waals surface area contributed by atoms with Crippen LogP contribution in [-0.4, -0.2) is 123 Å². The Morgan fingerprint density at radius 2 is 1.14 bits per heavy atom. The molecule has 7 heteroatoms. The second-order valence-electron chi connectivity index (χ2n) is 0.